The maximum absolute atomic E-state index is 14.7. The van der Waals surface area contributed by atoms with E-state index in [2.05, 4.69) is 20.1 Å². The summed E-state index contributed by atoms with van der Waals surface area (Å²) in [5.74, 6) is -4.53. The summed E-state index contributed by atoms with van der Waals surface area (Å²) in [6, 6.07) is 1.66. The third-order valence-corrected chi connectivity index (χ3v) is 6.44. The number of amides is 2. The molecule has 0 bridgehead atoms. The predicted octanol–water partition coefficient (Wildman–Crippen LogP) is 3.19. The first-order chi connectivity index (χ1) is 19.3. The number of hydrogen-bond acceptors (Lipinski definition) is 7. The van der Waals surface area contributed by atoms with E-state index in [1.54, 1.807) is 0 Å². The number of benzene rings is 1. The van der Waals surface area contributed by atoms with Gasteiger partial charge in [0, 0.05) is 12.1 Å². The summed E-state index contributed by atoms with van der Waals surface area (Å²) in [5.41, 5.74) is -1.36. The summed E-state index contributed by atoms with van der Waals surface area (Å²) in [6.45, 7) is -5.09. The second kappa shape index (κ2) is 10.5. The topological polar surface area (TPSA) is 135 Å². The van der Waals surface area contributed by atoms with Gasteiger partial charge >= 0.3 is 19.0 Å². The molecule has 19 heteroatoms. The molecular formula is C23H19F9N6O4. The van der Waals surface area contributed by atoms with Crippen LogP contribution in [0.1, 0.15) is 22.8 Å². The molecule has 0 saturated carbocycles. The molecule has 1 unspecified atom stereocenters. The van der Waals surface area contributed by atoms with Crippen molar-refractivity contribution in [3.8, 4) is 17.0 Å². The minimum Gasteiger partial charge on any atom is -0.434 e. The third kappa shape index (κ3) is 5.59. The number of aromatic nitrogens is 3. The van der Waals surface area contributed by atoms with Crippen LogP contribution in [0.15, 0.2) is 30.6 Å². The lowest BCUT2D eigenvalue weighted by Gasteiger charge is -2.29. The first-order valence-electron chi connectivity index (χ1n) is 11.6. The second-order valence-electron chi connectivity index (χ2n) is 9.31. The number of fused-ring (bicyclic) bond motifs is 1. The number of likely N-dealkylation sites (tertiary alicyclic amines) is 1. The SMILES string of the molecule is CC(O)(C(=O)N1C[C@H](F)[C@H](NC(=O)c2cc(-c3cc(C(F)(F)F)c4c(N)ncnn34)ccc2OC(F)F)C1)C(F)(F)F. The second-order valence-corrected chi connectivity index (χ2v) is 9.31. The normalized spacial score (nSPS) is 19.3. The first kappa shape index (κ1) is 30.7. The van der Waals surface area contributed by atoms with Crippen LogP contribution in [0.5, 0.6) is 5.75 Å². The van der Waals surface area contributed by atoms with E-state index in [9.17, 15) is 54.2 Å². The molecular weight excluding hydrogens is 595 g/mol. The Hall–Kier alpha value is -4.29. The number of rotatable bonds is 6. The molecule has 3 aromatic rings. The molecule has 42 heavy (non-hydrogen) atoms. The van der Waals surface area contributed by atoms with Crippen molar-refractivity contribution in [1.29, 1.82) is 0 Å². The number of carbonyl (C=O) groups is 2. The summed E-state index contributed by atoms with van der Waals surface area (Å²) in [4.78, 5) is 29.1. The molecule has 2 aromatic heterocycles. The fraction of sp³-hybridized carbons (Fsp3) is 0.391. The quantitative estimate of drug-likeness (QED) is 0.363. The fourth-order valence-electron chi connectivity index (χ4n) is 4.30. The molecule has 2 amide bonds. The van der Waals surface area contributed by atoms with Crippen LogP contribution in [0, 0.1) is 0 Å². The average molecular weight is 614 g/mol. The molecule has 0 radical (unpaired) electrons. The van der Waals surface area contributed by atoms with Crippen molar-refractivity contribution in [2.45, 2.75) is 43.7 Å². The number of halogens is 9. The van der Waals surface area contributed by atoms with E-state index in [1.165, 1.54) is 0 Å². The smallest absolute Gasteiger partial charge is 0.426 e. The molecule has 10 nitrogen and oxygen atoms in total. The number of nitrogens with zero attached hydrogens (tertiary/aromatic N) is 4. The minimum atomic E-state index is -5.40. The number of hydrogen-bond donors (Lipinski definition) is 3. The Morgan fingerprint density at radius 1 is 1.14 bits per heavy atom. The van der Waals surface area contributed by atoms with E-state index in [1.807, 2.05) is 0 Å². The summed E-state index contributed by atoms with van der Waals surface area (Å²) >= 11 is 0. The van der Waals surface area contributed by atoms with Gasteiger partial charge in [-0.25, -0.2) is 13.9 Å². The Morgan fingerprint density at radius 3 is 2.40 bits per heavy atom. The Balaban J connectivity index is 1.69. The maximum Gasteiger partial charge on any atom is 0.426 e. The van der Waals surface area contributed by atoms with Gasteiger partial charge in [-0.15, -0.1) is 0 Å². The summed E-state index contributed by atoms with van der Waals surface area (Å²) in [7, 11) is 0. The Morgan fingerprint density at radius 2 is 1.81 bits per heavy atom. The lowest BCUT2D eigenvalue weighted by atomic mass is 10.0. The van der Waals surface area contributed by atoms with Gasteiger partial charge in [0.2, 0.25) is 5.60 Å². The minimum absolute atomic E-state index is 0.169. The predicted molar refractivity (Wildman–Crippen MR) is 124 cm³/mol. The third-order valence-electron chi connectivity index (χ3n) is 6.44. The van der Waals surface area contributed by atoms with Crippen LogP contribution < -0.4 is 15.8 Å². The highest BCUT2D eigenvalue weighted by molar-refractivity contribution is 5.98. The molecule has 0 spiro atoms. The standard InChI is InChI=1S/C23H19F9N6O4/c1-21(41,23(30,31)32)19(40)37-6-12(24)13(7-37)36-18(39)10-4-9(2-3-15(10)42-20(25)26)14-5-11(22(27,28)29)16-17(33)34-8-35-38(14)16/h2-5,8,12-13,20,41H,6-7H2,1H3,(H,36,39)(H2,33,34,35)/t12-,13+,21?/m0/s1. The highest BCUT2D eigenvalue weighted by Crippen LogP contribution is 2.39. The molecule has 3 heterocycles. The summed E-state index contributed by atoms with van der Waals surface area (Å²) in [5, 5.41) is 15.4. The van der Waals surface area contributed by atoms with Crippen LogP contribution in [-0.4, -0.2) is 80.1 Å². The largest absolute Gasteiger partial charge is 0.434 e. The molecule has 228 valence electrons. The maximum atomic E-state index is 14.7. The average Bonchev–Trinajstić information content (AvgIpc) is 3.44. The van der Waals surface area contributed by atoms with Gasteiger partial charge in [0.15, 0.2) is 5.82 Å². The van der Waals surface area contributed by atoms with Crippen LogP contribution in [0.2, 0.25) is 0 Å². The number of nitrogens with one attached hydrogen (secondary N) is 1. The zero-order valence-corrected chi connectivity index (χ0v) is 21.0. The van der Waals surface area contributed by atoms with Crippen molar-refractivity contribution < 1.29 is 58.9 Å². The monoisotopic (exact) mass is 614 g/mol. The van der Waals surface area contributed by atoms with Crippen LogP contribution in [0.3, 0.4) is 0 Å². The lowest BCUT2D eigenvalue weighted by Crippen LogP contribution is -2.56. The fourth-order valence-corrected chi connectivity index (χ4v) is 4.30. The van der Waals surface area contributed by atoms with Crippen LogP contribution >= 0.6 is 0 Å². The number of nitrogens with two attached hydrogens (primary N) is 1. The molecule has 0 aliphatic carbocycles. The van der Waals surface area contributed by atoms with Crippen molar-refractivity contribution >= 4 is 23.1 Å². The Kier molecular flexibility index (Phi) is 7.68. The molecule has 4 N–H and O–H groups in total. The van der Waals surface area contributed by atoms with E-state index in [0.29, 0.717) is 11.0 Å². The van der Waals surface area contributed by atoms with Crippen molar-refractivity contribution in [1.82, 2.24) is 24.8 Å². The number of ether oxygens (including phenoxy) is 1. The van der Waals surface area contributed by atoms with Crippen molar-refractivity contribution in [3.05, 3.63) is 41.7 Å². The van der Waals surface area contributed by atoms with E-state index >= 15 is 0 Å². The molecule has 1 saturated heterocycles. The molecule has 1 aliphatic rings. The van der Waals surface area contributed by atoms with Crippen LogP contribution in [0.25, 0.3) is 16.8 Å². The number of anilines is 1. The Bertz CT molecular complexity index is 1520. The highest BCUT2D eigenvalue weighted by atomic mass is 19.4. The van der Waals surface area contributed by atoms with Gasteiger partial charge in [0.05, 0.1) is 29.4 Å². The van der Waals surface area contributed by atoms with Gasteiger partial charge in [-0.05, 0) is 31.2 Å². The number of nitrogen functional groups attached to an aromatic ring is 1. The van der Waals surface area contributed by atoms with Gasteiger partial charge < -0.3 is 25.8 Å². The van der Waals surface area contributed by atoms with Gasteiger partial charge in [0.25, 0.3) is 11.8 Å². The van der Waals surface area contributed by atoms with E-state index in [-0.39, 0.29) is 18.2 Å². The summed E-state index contributed by atoms with van der Waals surface area (Å²) < 4.78 is 126. The molecule has 1 fully saturated rings. The van der Waals surface area contributed by atoms with Gasteiger partial charge in [0.1, 0.15) is 23.8 Å². The van der Waals surface area contributed by atoms with E-state index < -0.39 is 89.9 Å². The molecule has 3 atom stereocenters. The first-order valence-corrected chi connectivity index (χ1v) is 11.6. The highest BCUT2D eigenvalue weighted by Gasteiger charge is 2.58. The van der Waals surface area contributed by atoms with Crippen molar-refractivity contribution in [3.63, 3.8) is 0 Å². The number of alkyl halides is 9. The number of aliphatic hydroxyl groups is 1. The van der Waals surface area contributed by atoms with Crippen LogP contribution in [0.4, 0.5) is 45.3 Å². The zero-order chi connectivity index (χ0) is 31.4. The lowest BCUT2D eigenvalue weighted by molar-refractivity contribution is -0.249. The molecule has 1 aromatic carbocycles. The molecule has 4 rings (SSSR count). The van der Waals surface area contributed by atoms with Gasteiger partial charge in [-0.2, -0.15) is 40.2 Å². The summed E-state index contributed by atoms with van der Waals surface area (Å²) in [6.07, 6.45) is -11.6. The van der Waals surface area contributed by atoms with Gasteiger partial charge in [-0.3, -0.25) is 9.59 Å². The van der Waals surface area contributed by atoms with E-state index in [4.69, 9.17) is 5.73 Å². The van der Waals surface area contributed by atoms with Gasteiger partial charge in [-0.1, -0.05) is 0 Å². The zero-order valence-electron chi connectivity index (χ0n) is 21.0. The molecule has 1 aliphatic heterocycles. The number of carbonyl (C=O) groups excluding carboxylic acids is 2. The van der Waals surface area contributed by atoms with Crippen LogP contribution in [-0.2, 0) is 11.0 Å². The van der Waals surface area contributed by atoms with E-state index in [0.717, 1.165) is 29.0 Å². The van der Waals surface area contributed by atoms with Crippen molar-refractivity contribution in [2.75, 3.05) is 18.8 Å². The Labute approximate surface area is 228 Å². The van der Waals surface area contributed by atoms with Crippen molar-refractivity contribution in [2.24, 2.45) is 0 Å².